The van der Waals surface area contributed by atoms with Gasteiger partial charge in [-0.15, -0.1) is 0 Å². The smallest absolute Gasteiger partial charge is 0.227 e. The van der Waals surface area contributed by atoms with Gasteiger partial charge in [0.15, 0.2) is 0 Å². The molecule has 1 amide bonds. The lowest BCUT2D eigenvalue weighted by molar-refractivity contribution is -0.132. The molecular weight excluding hydrogens is 288 g/mol. The lowest BCUT2D eigenvalue weighted by Crippen LogP contribution is -2.43. The topological polar surface area (TPSA) is 41.6 Å². The number of amides is 1. The Labute approximate surface area is 131 Å². The van der Waals surface area contributed by atoms with E-state index in [9.17, 15) is 4.79 Å². The van der Waals surface area contributed by atoms with E-state index >= 15 is 0 Å². The molecule has 1 aliphatic heterocycles. The van der Waals surface area contributed by atoms with E-state index in [1.807, 2.05) is 24.1 Å². The van der Waals surface area contributed by atoms with Gasteiger partial charge in [0.2, 0.25) is 5.91 Å². The van der Waals surface area contributed by atoms with E-state index in [0.717, 1.165) is 37.4 Å². The van der Waals surface area contributed by atoms with Crippen LogP contribution in [0.2, 0.25) is 5.02 Å². The van der Waals surface area contributed by atoms with E-state index in [0.29, 0.717) is 17.4 Å². The van der Waals surface area contributed by atoms with Gasteiger partial charge in [0, 0.05) is 23.7 Å². The molecule has 1 N–H and O–H groups in total. The fourth-order valence-corrected chi connectivity index (χ4v) is 3.10. The molecule has 1 aliphatic rings. The Morgan fingerprint density at radius 3 is 3.05 bits per heavy atom. The first-order valence-electron chi connectivity index (χ1n) is 7.38. The lowest BCUT2D eigenvalue weighted by Gasteiger charge is -2.33. The Balaban J connectivity index is 2.02. The summed E-state index contributed by atoms with van der Waals surface area (Å²) in [4.78, 5) is 14.5. The number of halogens is 1. The van der Waals surface area contributed by atoms with Crippen molar-refractivity contribution in [2.45, 2.75) is 19.3 Å². The van der Waals surface area contributed by atoms with Crippen LogP contribution in [0.4, 0.5) is 0 Å². The van der Waals surface area contributed by atoms with Crippen LogP contribution >= 0.6 is 11.6 Å². The first-order valence-corrected chi connectivity index (χ1v) is 7.76. The van der Waals surface area contributed by atoms with E-state index in [1.165, 1.54) is 6.42 Å². The van der Waals surface area contributed by atoms with Crippen LogP contribution in [0.1, 0.15) is 18.4 Å². The summed E-state index contributed by atoms with van der Waals surface area (Å²) < 4.78 is 5.31. The van der Waals surface area contributed by atoms with E-state index in [2.05, 4.69) is 5.32 Å². The van der Waals surface area contributed by atoms with E-state index in [1.54, 1.807) is 13.2 Å². The van der Waals surface area contributed by atoms with Crippen LogP contribution in [0.3, 0.4) is 0 Å². The molecule has 1 heterocycles. The van der Waals surface area contributed by atoms with Gasteiger partial charge < -0.3 is 15.0 Å². The summed E-state index contributed by atoms with van der Waals surface area (Å²) >= 11 is 6.02. The standard InChI is InChI=1S/C16H23ClN2O2/c1-18-10-12-4-3-7-19(11-12)16(20)9-13-8-14(17)5-6-15(13)21-2/h5-6,8,12,18H,3-4,7,9-11H2,1-2H3/t12-/m0/s1. The van der Waals surface area contributed by atoms with E-state index in [-0.39, 0.29) is 5.91 Å². The van der Waals surface area contributed by atoms with Crippen LogP contribution in [-0.4, -0.2) is 44.6 Å². The van der Waals surface area contributed by atoms with Crippen molar-refractivity contribution in [1.29, 1.82) is 0 Å². The predicted octanol–water partition coefficient (Wildman–Crippen LogP) is 2.35. The average molecular weight is 311 g/mol. The lowest BCUT2D eigenvalue weighted by atomic mass is 9.97. The Kier molecular flexibility index (Phi) is 5.88. The summed E-state index contributed by atoms with van der Waals surface area (Å²) in [6, 6.07) is 5.40. The van der Waals surface area contributed by atoms with Crippen LogP contribution in [-0.2, 0) is 11.2 Å². The second kappa shape index (κ2) is 7.66. The maximum atomic E-state index is 12.5. The zero-order chi connectivity index (χ0) is 15.2. The Morgan fingerprint density at radius 1 is 1.52 bits per heavy atom. The summed E-state index contributed by atoms with van der Waals surface area (Å²) in [5.41, 5.74) is 0.853. The zero-order valence-corrected chi connectivity index (χ0v) is 13.4. The highest BCUT2D eigenvalue weighted by Crippen LogP contribution is 2.24. The van der Waals surface area contributed by atoms with Gasteiger partial charge in [-0.1, -0.05) is 11.6 Å². The molecular formula is C16H23ClN2O2. The second-order valence-corrected chi connectivity index (χ2v) is 5.98. The molecule has 1 atom stereocenters. The van der Waals surface area contributed by atoms with Gasteiger partial charge in [0.05, 0.1) is 13.5 Å². The molecule has 116 valence electrons. The second-order valence-electron chi connectivity index (χ2n) is 5.54. The van der Waals surface area contributed by atoms with Gasteiger partial charge in [0.25, 0.3) is 0 Å². The average Bonchev–Trinajstić information content (AvgIpc) is 2.48. The van der Waals surface area contributed by atoms with Crippen LogP contribution < -0.4 is 10.1 Å². The first kappa shape index (κ1) is 16.1. The third-order valence-corrected chi connectivity index (χ3v) is 4.18. The SMILES string of the molecule is CNC[C@@H]1CCCN(C(=O)Cc2cc(Cl)ccc2OC)C1. The number of carbonyl (C=O) groups is 1. The van der Waals surface area contributed by atoms with Gasteiger partial charge in [-0.25, -0.2) is 0 Å². The molecule has 21 heavy (non-hydrogen) atoms. The van der Waals surface area contributed by atoms with Crippen LogP contribution in [0, 0.1) is 5.92 Å². The monoisotopic (exact) mass is 310 g/mol. The molecule has 0 unspecified atom stereocenters. The van der Waals surface area contributed by atoms with Gasteiger partial charge >= 0.3 is 0 Å². The molecule has 2 rings (SSSR count). The number of hydrogen-bond donors (Lipinski definition) is 1. The fraction of sp³-hybridized carbons (Fsp3) is 0.562. The number of benzene rings is 1. The minimum Gasteiger partial charge on any atom is -0.496 e. The summed E-state index contributed by atoms with van der Waals surface area (Å²) in [5.74, 6) is 1.42. The van der Waals surface area contributed by atoms with E-state index in [4.69, 9.17) is 16.3 Å². The third-order valence-electron chi connectivity index (χ3n) is 3.95. The zero-order valence-electron chi connectivity index (χ0n) is 12.7. The quantitative estimate of drug-likeness (QED) is 0.907. The summed E-state index contributed by atoms with van der Waals surface area (Å²) in [6.45, 7) is 2.65. The van der Waals surface area contributed by atoms with Crippen molar-refractivity contribution in [2.75, 3.05) is 33.8 Å². The van der Waals surface area contributed by atoms with Gasteiger partial charge in [-0.05, 0) is 50.6 Å². The molecule has 0 aromatic heterocycles. The molecule has 0 aliphatic carbocycles. The highest BCUT2D eigenvalue weighted by molar-refractivity contribution is 6.30. The maximum Gasteiger partial charge on any atom is 0.227 e. The number of rotatable bonds is 5. The Morgan fingerprint density at radius 2 is 2.33 bits per heavy atom. The number of nitrogens with one attached hydrogen (secondary N) is 1. The number of nitrogens with zero attached hydrogens (tertiary/aromatic N) is 1. The third kappa shape index (κ3) is 4.35. The summed E-state index contributed by atoms with van der Waals surface area (Å²) in [5, 5.41) is 3.83. The molecule has 0 saturated carbocycles. The maximum absolute atomic E-state index is 12.5. The van der Waals surface area contributed by atoms with Gasteiger partial charge in [-0.2, -0.15) is 0 Å². The number of piperidine rings is 1. The van der Waals surface area contributed by atoms with E-state index < -0.39 is 0 Å². The molecule has 1 fully saturated rings. The van der Waals surface area contributed by atoms with Crippen molar-refractivity contribution in [3.63, 3.8) is 0 Å². The summed E-state index contributed by atoms with van der Waals surface area (Å²) in [7, 11) is 3.57. The number of likely N-dealkylation sites (tertiary alicyclic amines) is 1. The molecule has 1 aromatic rings. The highest BCUT2D eigenvalue weighted by atomic mass is 35.5. The normalized spacial score (nSPS) is 18.6. The predicted molar refractivity (Wildman–Crippen MR) is 84.9 cm³/mol. The van der Waals surface area contributed by atoms with Gasteiger partial charge in [0.1, 0.15) is 5.75 Å². The highest BCUT2D eigenvalue weighted by Gasteiger charge is 2.23. The fourth-order valence-electron chi connectivity index (χ4n) is 2.91. The van der Waals surface area contributed by atoms with Crippen LogP contribution in [0.5, 0.6) is 5.75 Å². The van der Waals surface area contributed by atoms with Crippen molar-refractivity contribution in [1.82, 2.24) is 10.2 Å². The van der Waals surface area contributed by atoms with Crippen molar-refractivity contribution in [3.05, 3.63) is 28.8 Å². The number of hydrogen-bond acceptors (Lipinski definition) is 3. The molecule has 1 aromatic carbocycles. The van der Waals surface area contributed by atoms with Crippen LogP contribution in [0.25, 0.3) is 0 Å². The number of carbonyl (C=O) groups excluding carboxylic acids is 1. The van der Waals surface area contributed by atoms with Crippen LogP contribution in [0.15, 0.2) is 18.2 Å². The summed E-state index contributed by atoms with van der Waals surface area (Å²) in [6.07, 6.45) is 2.60. The minimum absolute atomic E-state index is 0.149. The van der Waals surface area contributed by atoms with Crippen molar-refractivity contribution >= 4 is 17.5 Å². The Bertz CT molecular complexity index is 491. The number of ether oxygens (including phenoxy) is 1. The first-order chi connectivity index (χ1) is 10.1. The largest absolute Gasteiger partial charge is 0.496 e. The molecule has 0 bridgehead atoms. The molecule has 1 saturated heterocycles. The molecule has 4 nitrogen and oxygen atoms in total. The van der Waals surface area contributed by atoms with Crippen molar-refractivity contribution < 1.29 is 9.53 Å². The number of methoxy groups -OCH3 is 1. The molecule has 5 heteroatoms. The van der Waals surface area contributed by atoms with Gasteiger partial charge in [-0.3, -0.25) is 4.79 Å². The van der Waals surface area contributed by atoms with Crippen molar-refractivity contribution in [2.24, 2.45) is 5.92 Å². The molecule has 0 radical (unpaired) electrons. The molecule has 0 spiro atoms. The van der Waals surface area contributed by atoms with Crippen molar-refractivity contribution in [3.8, 4) is 5.75 Å². The minimum atomic E-state index is 0.149. The Hall–Kier alpha value is -1.26.